The summed E-state index contributed by atoms with van der Waals surface area (Å²) in [6, 6.07) is 9.88. The molecule has 0 spiro atoms. The SMILES string of the molecule is CCC(SCc1ccc(-n2cccn2)cc1)C(=O)O. The summed E-state index contributed by atoms with van der Waals surface area (Å²) in [5, 5.41) is 12.8. The molecule has 0 amide bonds. The molecule has 0 aliphatic rings. The number of carbonyl (C=O) groups is 1. The predicted molar refractivity (Wildman–Crippen MR) is 76.6 cm³/mol. The second-order valence-corrected chi connectivity index (χ2v) is 5.35. The van der Waals surface area contributed by atoms with Gasteiger partial charge < -0.3 is 5.11 Å². The van der Waals surface area contributed by atoms with Crippen LogP contribution in [0, 0.1) is 0 Å². The van der Waals surface area contributed by atoms with Crippen LogP contribution in [0.15, 0.2) is 42.7 Å². The Hall–Kier alpha value is -1.75. The molecule has 1 aromatic carbocycles. The summed E-state index contributed by atoms with van der Waals surface area (Å²) >= 11 is 1.46. The van der Waals surface area contributed by atoms with Gasteiger partial charge in [0.15, 0.2) is 0 Å². The van der Waals surface area contributed by atoms with Gasteiger partial charge in [-0.05, 0) is 30.2 Å². The Morgan fingerprint density at radius 2 is 2.16 bits per heavy atom. The first-order chi connectivity index (χ1) is 9.20. The van der Waals surface area contributed by atoms with E-state index in [4.69, 9.17) is 5.11 Å². The highest BCUT2D eigenvalue weighted by Crippen LogP contribution is 2.21. The van der Waals surface area contributed by atoms with E-state index in [9.17, 15) is 4.79 Å². The number of carboxylic acids is 1. The maximum absolute atomic E-state index is 10.9. The molecule has 1 N–H and O–H groups in total. The zero-order chi connectivity index (χ0) is 13.7. The molecule has 1 heterocycles. The first-order valence-corrected chi connectivity index (χ1v) is 7.19. The minimum absolute atomic E-state index is 0.328. The molecule has 0 aliphatic carbocycles. The minimum Gasteiger partial charge on any atom is -0.480 e. The molecular formula is C14H16N2O2S. The van der Waals surface area contributed by atoms with E-state index in [-0.39, 0.29) is 5.25 Å². The fourth-order valence-electron chi connectivity index (χ4n) is 1.73. The quantitative estimate of drug-likeness (QED) is 0.881. The van der Waals surface area contributed by atoms with Gasteiger partial charge in [0.1, 0.15) is 5.25 Å². The number of thioether (sulfide) groups is 1. The Labute approximate surface area is 116 Å². The van der Waals surface area contributed by atoms with Crippen molar-refractivity contribution in [1.29, 1.82) is 0 Å². The van der Waals surface area contributed by atoms with Crippen LogP contribution in [-0.2, 0) is 10.5 Å². The van der Waals surface area contributed by atoms with E-state index in [1.165, 1.54) is 11.8 Å². The molecule has 1 atom stereocenters. The van der Waals surface area contributed by atoms with Crippen LogP contribution in [0.3, 0.4) is 0 Å². The van der Waals surface area contributed by atoms with Crippen molar-refractivity contribution in [3.63, 3.8) is 0 Å². The van der Waals surface area contributed by atoms with Gasteiger partial charge in [0.25, 0.3) is 0 Å². The largest absolute Gasteiger partial charge is 0.480 e. The maximum Gasteiger partial charge on any atom is 0.316 e. The van der Waals surface area contributed by atoms with Crippen LogP contribution in [0.1, 0.15) is 18.9 Å². The highest BCUT2D eigenvalue weighted by Gasteiger charge is 2.15. The van der Waals surface area contributed by atoms with E-state index >= 15 is 0 Å². The van der Waals surface area contributed by atoms with Crippen molar-refractivity contribution in [2.75, 3.05) is 0 Å². The molecule has 1 unspecified atom stereocenters. The Balaban J connectivity index is 1.97. The molecule has 2 aromatic rings. The van der Waals surface area contributed by atoms with Crippen LogP contribution in [0.2, 0.25) is 0 Å². The number of carboxylic acid groups (broad SMARTS) is 1. The Kier molecular flexibility index (Phi) is 4.63. The second kappa shape index (κ2) is 6.43. The molecule has 0 saturated carbocycles. The van der Waals surface area contributed by atoms with E-state index in [1.807, 2.05) is 43.5 Å². The van der Waals surface area contributed by atoms with Gasteiger partial charge >= 0.3 is 5.97 Å². The lowest BCUT2D eigenvalue weighted by Crippen LogP contribution is -2.15. The van der Waals surface area contributed by atoms with Crippen molar-refractivity contribution in [3.8, 4) is 5.69 Å². The molecule has 0 fully saturated rings. The second-order valence-electron chi connectivity index (χ2n) is 4.16. The Bertz CT molecular complexity index is 523. The van der Waals surface area contributed by atoms with Crippen molar-refractivity contribution >= 4 is 17.7 Å². The number of benzene rings is 1. The molecule has 0 radical (unpaired) electrons. The topological polar surface area (TPSA) is 55.1 Å². The predicted octanol–water partition coefficient (Wildman–Crippen LogP) is 2.97. The van der Waals surface area contributed by atoms with E-state index < -0.39 is 5.97 Å². The van der Waals surface area contributed by atoms with Gasteiger partial charge in [-0.1, -0.05) is 19.1 Å². The van der Waals surface area contributed by atoms with Crippen LogP contribution in [0.25, 0.3) is 5.69 Å². The van der Waals surface area contributed by atoms with Crippen LogP contribution < -0.4 is 0 Å². The number of rotatable bonds is 6. The summed E-state index contributed by atoms with van der Waals surface area (Å²) in [6.07, 6.45) is 4.27. The molecule has 0 aliphatic heterocycles. The first kappa shape index (κ1) is 13.7. The monoisotopic (exact) mass is 276 g/mol. The minimum atomic E-state index is -0.735. The smallest absolute Gasteiger partial charge is 0.316 e. The number of hydrogen-bond acceptors (Lipinski definition) is 3. The Morgan fingerprint density at radius 3 is 2.68 bits per heavy atom. The van der Waals surface area contributed by atoms with E-state index in [0.717, 1.165) is 11.3 Å². The summed E-state index contributed by atoms with van der Waals surface area (Å²) in [5.41, 5.74) is 2.13. The summed E-state index contributed by atoms with van der Waals surface area (Å²) in [6.45, 7) is 1.90. The standard InChI is InChI=1S/C14H16N2O2S/c1-2-13(14(17)18)19-10-11-4-6-12(7-5-11)16-9-3-8-15-16/h3-9,13H,2,10H2,1H3,(H,17,18). The average Bonchev–Trinajstić information content (AvgIpc) is 2.94. The summed E-state index contributed by atoms with van der Waals surface area (Å²) < 4.78 is 1.79. The molecule has 0 saturated heterocycles. The third-order valence-corrected chi connectivity index (χ3v) is 4.24. The normalized spacial score (nSPS) is 12.3. The molecule has 1 aromatic heterocycles. The van der Waals surface area contributed by atoms with Crippen LogP contribution >= 0.6 is 11.8 Å². The van der Waals surface area contributed by atoms with Crippen molar-refractivity contribution in [2.24, 2.45) is 0 Å². The number of nitrogens with zero attached hydrogens (tertiary/aromatic N) is 2. The van der Waals surface area contributed by atoms with Crippen LogP contribution in [-0.4, -0.2) is 26.1 Å². The number of aliphatic carboxylic acids is 1. The highest BCUT2D eigenvalue weighted by molar-refractivity contribution is 7.99. The molecular weight excluding hydrogens is 260 g/mol. The van der Waals surface area contributed by atoms with Crippen LogP contribution in [0.5, 0.6) is 0 Å². The maximum atomic E-state index is 10.9. The van der Waals surface area contributed by atoms with Crippen molar-refractivity contribution in [1.82, 2.24) is 9.78 Å². The van der Waals surface area contributed by atoms with Crippen molar-refractivity contribution in [2.45, 2.75) is 24.3 Å². The molecule has 2 rings (SSSR count). The first-order valence-electron chi connectivity index (χ1n) is 6.14. The zero-order valence-electron chi connectivity index (χ0n) is 10.7. The molecule has 4 nitrogen and oxygen atoms in total. The fraction of sp³-hybridized carbons (Fsp3) is 0.286. The molecule has 5 heteroatoms. The summed E-state index contributed by atoms with van der Waals surface area (Å²) in [5.74, 6) is -0.0230. The van der Waals surface area contributed by atoms with Crippen molar-refractivity contribution in [3.05, 3.63) is 48.3 Å². The van der Waals surface area contributed by atoms with Crippen LogP contribution in [0.4, 0.5) is 0 Å². The molecule has 19 heavy (non-hydrogen) atoms. The fourth-order valence-corrected chi connectivity index (χ4v) is 2.69. The van der Waals surface area contributed by atoms with Gasteiger partial charge in [-0.15, -0.1) is 11.8 Å². The third-order valence-electron chi connectivity index (χ3n) is 2.80. The van der Waals surface area contributed by atoms with E-state index in [1.54, 1.807) is 10.9 Å². The van der Waals surface area contributed by atoms with Gasteiger partial charge in [0.2, 0.25) is 0 Å². The van der Waals surface area contributed by atoms with Gasteiger partial charge in [0.05, 0.1) is 5.69 Å². The van der Waals surface area contributed by atoms with E-state index in [0.29, 0.717) is 12.2 Å². The van der Waals surface area contributed by atoms with E-state index in [2.05, 4.69) is 5.10 Å². The Morgan fingerprint density at radius 1 is 1.42 bits per heavy atom. The zero-order valence-corrected chi connectivity index (χ0v) is 11.5. The number of hydrogen-bond donors (Lipinski definition) is 1. The number of aromatic nitrogens is 2. The van der Waals surface area contributed by atoms with Gasteiger partial charge in [-0.25, -0.2) is 4.68 Å². The lowest BCUT2D eigenvalue weighted by Gasteiger charge is -2.09. The van der Waals surface area contributed by atoms with Crippen molar-refractivity contribution < 1.29 is 9.90 Å². The lowest BCUT2D eigenvalue weighted by molar-refractivity contribution is -0.136. The van der Waals surface area contributed by atoms with Gasteiger partial charge in [0, 0.05) is 18.1 Å². The average molecular weight is 276 g/mol. The summed E-state index contributed by atoms with van der Waals surface area (Å²) in [7, 11) is 0. The highest BCUT2D eigenvalue weighted by atomic mass is 32.2. The third kappa shape index (κ3) is 3.61. The molecule has 0 bridgehead atoms. The summed E-state index contributed by atoms with van der Waals surface area (Å²) in [4.78, 5) is 10.9. The lowest BCUT2D eigenvalue weighted by atomic mass is 10.2. The molecule has 100 valence electrons. The van der Waals surface area contributed by atoms with Gasteiger partial charge in [-0.2, -0.15) is 5.10 Å². The van der Waals surface area contributed by atoms with Gasteiger partial charge in [-0.3, -0.25) is 4.79 Å².